The third kappa shape index (κ3) is 2.77. The van der Waals surface area contributed by atoms with Crippen molar-refractivity contribution in [3.05, 3.63) is 46.6 Å². The smallest absolute Gasteiger partial charge is 0.228 e. The maximum absolute atomic E-state index is 12.9. The average molecular weight is 300 g/mol. The minimum atomic E-state index is -0.306. The molecule has 1 amide bonds. The van der Waals surface area contributed by atoms with Gasteiger partial charge in [0.05, 0.1) is 5.69 Å². The van der Waals surface area contributed by atoms with Gasteiger partial charge in [0.25, 0.3) is 0 Å². The summed E-state index contributed by atoms with van der Waals surface area (Å²) in [5.41, 5.74) is 9.84. The molecule has 0 radical (unpaired) electrons. The molecule has 1 fully saturated rings. The van der Waals surface area contributed by atoms with Crippen LogP contribution in [0.5, 0.6) is 0 Å². The first kappa shape index (κ1) is 14.1. The minimum absolute atomic E-state index is 0.00868. The third-order valence-electron chi connectivity index (χ3n) is 3.60. The fourth-order valence-electron chi connectivity index (χ4n) is 2.50. The van der Waals surface area contributed by atoms with Gasteiger partial charge >= 0.3 is 0 Å². The zero-order valence-electron chi connectivity index (χ0n) is 11.6. The van der Waals surface area contributed by atoms with Gasteiger partial charge in [-0.2, -0.15) is 5.10 Å². The van der Waals surface area contributed by atoms with Gasteiger partial charge in [0.15, 0.2) is 5.82 Å². The Morgan fingerprint density at radius 1 is 1.45 bits per heavy atom. The molecule has 1 atom stereocenters. The van der Waals surface area contributed by atoms with Crippen molar-refractivity contribution in [1.82, 2.24) is 10.2 Å². The van der Waals surface area contributed by atoms with Crippen molar-refractivity contribution >= 4 is 11.7 Å². The number of hydrogen-bond acceptors (Lipinski definition) is 3. The zero-order valence-corrected chi connectivity index (χ0v) is 11.6. The molecule has 1 aliphatic heterocycles. The largest absolute Gasteiger partial charge is 0.295 e. The number of carbonyl (C=O) groups is 1. The average Bonchev–Trinajstić information content (AvgIpc) is 3.12. The number of carbonyl (C=O) groups excluding carboxylic acids is 1. The second-order valence-electron chi connectivity index (χ2n) is 5.13. The van der Waals surface area contributed by atoms with Gasteiger partial charge in [0.1, 0.15) is 5.82 Å². The molecular weight excluding hydrogens is 287 g/mol. The molecule has 112 valence electrons. The number of anilines is 1. The second kappa shape index (κ2) is 5.87. The van der Waals surface area contributed by atoms with Crippen LogP contribution >= 0.6 is 0 Å². The molecule has 0 aliphatic carbocycles. The van der Waals surface area contributed by atoms with E-state index in [9.17, 15) is 9.18 Å². The number of H-pyrrole nitrogens is 1. The maximum atomic E-state index is 12.9. The van der Waals surface area contributed by atoms with Crippen LogP contribution in [0.25, 0.3) is 21.7 Å². The zero-order chi connectivity index (χ0) is 15.5. The molecule has 2 heterocycles. The Bertz CT molecular complexity index is 734. The summed E-state index contributed by atoms with van der Waals surface area (Å²) in [5.74, 6) is 0.177. The van der Waals surface area contributed by atoms with Crippen molar-refractivity contribution in [2.45, 2.75) is 6.42 Å². The van der Waals surface area contributed by atoms with Crippen molar-refractivity contribution in [3.8, 4) is 11.3 Å². The van der Waals surface area contributed by atoms with Crippen LogP contribution in [0.15, 0.2) is 35.4 Å². The van der Waals surface area contributed by atoms with E-state index < -0.39 is 0 Å². The highest BCUT2D eigenvalue weighted by atomic mass is 19.1. The number of rotatable bonds is 4. The highest BCUT2D eigenvalue weighted by Crippen LogP contribution is 2.27. The quantitative estimate of drug-likeness (QED) is 0.533. The van der Waals surface area contributed by atoms with E-state index in [4.69, 9.17) is 5.53 Å². The number of aromatic amines is 1. The van der Waals surface area contributed by atoms with E-state index in [0.29, 0.717) is 31.0 Å². The Morgan fingerprint density at radius 3 is 2.95 bits per heavy atom. The summed E-state index contributed by atoms with van der Waals surface area (Å²) in [6, 6.07) is 7.77. The normalized spacial score (nSPS) is 17.6. The van der Waals surface area contributed by atoms with E-state index in [1.807, 2.05) is 0 Å². The molecule has 0 saturated carbocycles. The van der Waals surface area contributed by atoms with Crippen molar-refractivity contribution in [3.63, 3.8) is 0 Å². The maximum Gasteiger partial charge on any atom is 0.228 e. The van der Waals surface area contributed by atoms with E-state index >= 15 is 0 Å². The topological polar surface area (TPSA) is 97.8 Å². The number of nitrogens with zero attached hydrogens (tertiary/aromatic N) is 5. The van der Waals surface area contributed by atoms with Gasteiger partial charge in [-0.25, -0.2) is 4.39 Å². The summed E-state index contributed by atoms with van der Waals surface area (Å²) in [6.07, 6.45) is 0.345. The predicted molar refractivity (Wildman–Crippen MR) is 78.5 cm³/mol. The molecule has 8 heteroatoms. The number of benzene rings is 1. The molecule has 1 aromatic heterocycles. The minimum Gasteiger partial charge on any atom is -0.295 e. The Labute approximate surface area is 125 Å². The summed E-state index contributed by atoms with van der Waals surface area (Å²) < 4.78 is 12.9. The van der Waals surface area contributed by atoms with E-state index in [1.165, 1.54) is 12.1 Å². The standard InChI is InChI=1S/C14H13FN6O/c15-11-3-1-10(2-4-11)12-6-13(19-18-12)21-8-9(5-14(21)22)7-17-20-16/h1-4,6,9H,5,7-8H2,(H,18,19). The van der Waals surface area contributed by atoms with Gasteiger partial charge in [0, 0.05) is 30.5 Å². The SMILES string of the molecule is [N-]=[N+]=NCC1CC(=O)N(c2cc(-c3ccc(F)cc3)[nH]n2)C1. The number of halogens is 1. The Morgan fingerprint density at radius 2 is 2.23 bits per heavy atom. The molecule has 1 unspecified atom stereocenters. The fraction of sp³-hybridized carbons (Fsp3) is 0.286. The van der Waals surface area contributed by atoms with Crippen LogP contribution in [0.3, 0.4) is 0 Å². The molecule has 1 N–H and O–H groups in total. The lowest BCUT2D eigenvalue weighted by Gasteiger charge is -2.12. The van der Waals surface area contributed by atoms with Crippen LogP contribution in [0, 0.1) is 11.7 Å². The molecule has 1 aromatic carbocycles. The third-order valence-corrected chi connectivity index (χ3v) is 3.60. The summed E-state index contributed by atoms with van der Waals surface area (Å²) in [4.78, 5) is 16.3. The van der Waals surface area contributed by atoms with E-state index in [-0.39, 0.29) is 17.6 Å². The van der Waals surface area contributed by atoms with Crippen LogP contribution in [0.4, 0.5) is 10.2 Å². The highest BCUT2D eigenvalue weighted by Gasteiger charge is 2.31. The van der Waals surface area contributed by atoms with E-state index in [1.54, 1.807) is 23.1 Å². The lowest BCUT2D eigenvalue weighted by atomic mass is 10.1. The van der Waals surface area contributed by atoms with Crippen LogP contribution < -0.4 is 4.90 Å². The van der Waals surface area contributed by atoms with Gasteiger partial charge in [-0.05, 0) is 41.3 Å². The molecule has 3 rings (SSSR count). The molecule has 0 bridgehead atoms. The Hall–Kier alpha value is -2.86. The van der Waals surface area contributed by atoms with Gasteiger partial charge in [-0.1, -0.05) is 5.11 Å². The summed E-state index contributed by atoms with van der Waals surface area (Å²) >= 11 is 0. The van der Waals surface area contributed by atoms with Gasteiger partial charge < -0.3 is 0 Å². The summed E-state index contributed by atoms with van der Waals surface area (Å²) in [7, 11) is 0. The van der Waals surface area contributed by atoms with Crippen LogP contribution in [-0.4, -0.2) is 29.2 Å². The number of azide groups is 1. The Balaban J connectivity index is 1.77. The van der Waals surface area contributed by atoms with Gasteiger partial charge in [0.2, 0.25) is 5.91 Å². The molecule has 7 nitrogen and oxygen atoms in total. The first-order valence-electron chi connectivity index (χ1n) is 6.80. The fourth-order valence-corrected chi connectivity index (χ4v) is 2.50. The monoisotopic (exact) mass is 300 g/mol. The second-order valence-corrected chi connectivity index (χ2v) is 5.13. The van der Waals surface area contributed by atoms with Crippen LogP contribution in [0.1, 0.15) is 6.42 Å². The lowest BCUT2D eigenvalue weighted by Crippen LogP contribution is -2.25. The van der Waals surface area contributed by atoms with Crippen molar-refractivity contribution in [2.24, 2.45) is 11.0 Å². The predicted octanol–water partition coefficient (Wildman–Crippen LogP) is 2.88. The van der Waals surface area contributed by atoms with Gasteiger partial charge in [-0.15, -0.1) is 0 Å². The van der Waals surface area contributed by atoms with Gasteiger partial charge in [-0.3, -0.25) is 14.8 Å². The molecule has 1 saturated heterocycles. The van der Waals surface area contributed by atoms with E-state index in [2.05, 4.69) is 20.2 Å². The highest BCUT2D eigenvalue weighted by molar-refractivity contribution is 5.95. The van der Waals surface area contributed by atoms with Crippen LogP contribution in [0.2, 0.25) is 0 Å². The number of aromatic nitrogens is 2. The molecular formula is C14H13FN6O. The number of hydrogen-bond donors (Lipinski definition) is 1. The Kier molecular flexibility index (Phi) is 3.76. The molecule has 22 heavy (non-hydrogen) atoms. The van der Waals surface area contributed by atoms with E-state index in [0.717, 1.165) is 5.56 Å². The first-order valence-corrected chi connectivity index (χ1v) is 6.80. The number of nitrogens with one attached hydrogen (secondary N) is 1. The summed E-state index contributed by atoms with van der Waals surface area (Å²) in [6.45, 7) is 0.777. The summed E-state index contributed by atoms with van der Waals surface area (Å²) in [5, 5.41) is 10.5. The van der Waals surface area contributed by atoms with Crippen LogP contribution in [-0.2, 0) is 4.79 Å². The molecule has 2 aromatic rings. The van der Waals surface area contributed by atoms with Crippen molar-refractivity contribution in [1.29, 1.82) is 0 Å². The lowest BCUT2D eigenvalue weighted by molar-refractivity contribution is -0.117. The number of amides is 1. The first-order chi connectivity index (χ1) is 10.7. The molecule has 1 aliphatic rings. The van der Waals surface area contributed by atoms with Crippen molar-refractivity contribution < 1.29 is 9.18 Å². The van der Waals surface area contributed by atoms with Crippen molar-refractivity contribution in [2.75, 3.05) is 18.0 Å². The molecule has 0 spiro atoms.